The summed E-state index contributed by atoms with van der Waals surface area (Å²) in [5.41, 5.74) is 6.12. The minimum absolute atomic E-state index is 0.748. The van der Waals surface area contributed by atoms with Gasteiger partial charge in [-0.2, -0.15) is 0 Å². The molecule has 2 heteroatoms. The normalized spacial score (nSPS) is 13.7. The van der Waals surface area contributed by atoms with Crippen molar-refractivity contribution in [2.24, 2.45) is 0 Å². The van der Waals surface area contributed by atoms with Crippen LogP contribution in [0.25, 0.3) is 5.57 Å². The second-order valence-electron chi connectivity index (χ2n) is 6.32. The maximum atomic E-state index is 6.13. The van der Waals surface area contributed by atoms with E-state index in [0.29, 0.717) is 0 Å². The molecule has 0 amide bonds. The summed E-state index contributed by atoms with van der Waals surface area (Å²) < 4.78 is 0. The predicted molar refractivity (Wildman–Crippen MR) is 112 cm³/mol. The molecule has 0 saturated carbocycles. The molecule has 0 heterocycles. The minimum Gasteiger partial charge on any atom is -0.310 e. The van der Waals surface area contributed by atoms with Gasteiger partial charge in [-0.3, -0.25) is 0 Å². The van der Waals surface area contributed by atoms with Crippen LogP contribution in [0.1, 0.15) is 18.4 Å². The van der Waals surface area contributed by atoms with Gasteiger partial charge in [0.15, 0.2) is 0 Å². The second-order valence-corrected chi connectivity index (χ2v) is 6.75. The fourth-order valence-electron chi connectivity index (χ4n) is 3.39. The van der Waals surface area contributed by atoms with Crippen LogP contribution in [0.2, 0.25) is 5.02 Å². The monoisotopic (exact) mass is 357 g/mol. The molecule has 0 bridgehead atoms. The van der Waals surface area contributed by atoms with Gasteiger partial charge in [-0.1, -0.05) is 66.2 Å². The lowest BCUT2D eigenvalue weighted by Crippen LogP contribution is -2.18. The zero-order valence-corrected chi connectivity index (χ0v) is 15.2. The lowest BCUT2D eigenvalue weighted by molar-refractivity contribution is 1.02. The van der Waals surface area contributed by atoms with Crippen molar-refractivity contribution in [1.29, 1.82) is 0 Å². The number of hydrogen-bond donors (Lipinski definition) is 0. The van der Waals surface area contributed by atoms with E-state index in [0.717, 1.165) is 29.2 Å². The number of benzene rings is 3. The molecule has 0 fully saturated rings. The number of hydrogen-bond acceptors (Lipinski definition) is 1. The van der Waals surface area contributed by atoms with E-state index in [-0.39, 0.29) is 0 Å². The summed E-state index contributed by atoms with van der Waals surface area (Å²) in [6, 6.07) is 29.2. The summed E-state index contributed by atoms with van der Waals surface area (Å²) in [6.07, 6.45) is 6.60. The predicted octanol–water partition coefficient (Wildman–Crippen LogP) is 7.24. The van der Waals surface area contributed by atoms with Crippen LogP contribution >= 0.6 is 11.6 Å². The van der Waals surface area contributed by atoms with Crippen molar-refractivity contribution in [1.82, 2.24) is 0 Å². The highest BCUT2D eigenvalue weighted by Gasteiger charge is 2.19. The Balaban J connectivity index is 1.91. The van der Waals surface area contributed by atoms with Gasteiger partial charge in [0.25, 0.3) is 0 Å². The van der Waals surface area contributed by atoms with Crippen molar-refractivity contribution in [3.8, 4) is 0 Å². The lowest BCUT2D eigenvalue weighted by atomic mass is 9.94. The van der Waals surface area contributed by atoms with Crippen LogP contribution in [0.4, 0.5) is 11.4 Å². The lowest BCUT2D eigenvalue weighted by Gasteiger charge is -2.30. The van der Waals surface area contributed by atoms with Gasteiger partial charge in [0, 0.05) is 22.1 Å². The summed E-state index contributed by atoms with van der Waals surface area (Å²) in [6.45, 7) is 0. The number of nitrogens with zero attached hydrogens (tertiary/aromatic N) is 1. The Labute approximate surface area is 159 Å². The average Bonchev–Trinajstić information content (AvgIpc) is 2.72. The molecule has 0 atom stereocenters. The molecule has 4 rings (SSSR count). The van der Waals surface area contributed by atoms with Crippen molar-refractivity contribution in [2.75, 3.05) is 4.90 Å². The van der Waals surface area contributed by atoms with Crippen LogP contribution in [0, 0.1) is 0 Å². The van der Waals surface area contributed by atoms with Gasteiger partial charge >= 0.3 is 0 Å². The van der Waals surface area contributed by atoms with Gasteiger partial charge in [-0.15, -0.1) is 0 Å². The van der Waals surface area contributed by atoms with E-state index < -0.39 is 0 Å². The number of halogens is 1. The molecule has 3 aromatic carbocycles. The summed E-state index contributed by atoms with van der Waals surface area (Å²) >= 11 is 6.13. The summed E-state index contributed by atoms with van der Waals surface area (Å²) in [7, 11) is 0. The number of allylic oxidation sites excluding steroid dienone is 3. The maximum Gasteiger partial charge on any atom is 0.0496 e. The fraction of sp³-hybridized carbons (Fsp3) is 0.0833. The van der Waals surface area contributed by atoms with Crippen molar-refractivity contribution in [3.05, 3.63) is 113 Å². The highest BCUT2D eigenvalue weighted by atomic mass is 35.5. The molecule has 1 aliphatic carbocycles. The first-order valence-electron chi connectivity index (χ1n) is 8.89. The first-order chi connectivity index (χ1) is 12.8. The molecule has 3 aromatic rings. The quantitative estimate of drug-likeness (QED) is 0.475. The standard InChI is InChI=1S/C24H20ClN/c25-20-15-17-22(18-16-20)26(21-11-5-2-6-12-21)24-14-8-7-13-23(24)19-9-3-1-4-10-19/h1-6,8-12,14-18H,7,13H2. The molecular weight excluding hydrogens is 338 g/mol. The minimum atomic E-state index is 0.748. The van der Waals surface area contributed by atoms with Crippen LogP contribution in [-0.2, 0) is 0 Å². The Morgan fingerprint density at radius 2 is 1.31 bits per heavy atom. The van der Waals surface area contributed by atoms with Crippen molar-refractivity contribution in [2.45, 2.75) is 12.8 Å². The van der Waals surface area contributed by atoms with Gasteiger partial charge in [0.05, 0.1) is 0 Å². The van der Waals surface area contributed by atoms with Crippen LogP contribution < -0.4 is 4.90 Å². The maximum absolute atomic E-state index is 6.13. The summed E-state index contributed by atoms with van der Waals surface area (Å²) in [5, 5.41) is 0.748. The van der Waals surface area contributed by atoms with Crippen LogP contribution in [-0.4, -0.2) is 0 Å². The first-order valence-corrected chi connectivity index (χ1v) is 9.26. The molecule has 128 valence electrons. The number of anilines is 2. The van der Waals surface area contributed by atoms with E-state index in [2.05, 4.69) is 83.8 Å². The number of rotatable bonds is 4. The Bertz CT molecular complexity index is 925. The Morgan fingerprint density at radius 3 is 2.00 bits per heavy atom. The fourth-order valence-corrected chi connectivity index (χ4v) is 3.51. The van der Waals surface area contributed by atoms with E-state index in [1.165, 1.54) is 16.8 Å². The van der Waals surface area contributed by atoms with Gasteiger partial charge in [0.1, 0.15) is 0 Å². The van der Waals surface area contributed by atoms with Crippen molar-refractivity contribution >= 4 is 28.5 Å². The summed E-state index contributed by atoms with van der Waals surface area (Å²) in [4.78, 5) is 2.31. The van der Waals surface area contributed by atoms with E-state index in [4.69, 9.17) is 11.6 Å². The summed E-state index contributed by atoms with van der Waals surface area (Å²) in [5.74, 6) is 0. The first kappa shape index (κ1) is 16.7. The zero-order valence-electron chi connectivity index (χ0n) is 14.5. The third-order valence-electron chi connectivity index (χ3n) is 4.61. The van der Waals surface area contributed by atoms with Crippen LogP contribution in [0.15, 0.2) is 103 Å². The number of para-hydroxylation sites is 1. The van der Waals surface area contributed by atoms with E-state index >= 15 is 0 Å². The average molecular weight is 358 g/mol. The second kappa shape index (κ2) is 7.63. The Morgan fingerprint density at radius 1 is 0.692 bits per heavy atom. The molecule has 0 radical (unpaired) electrons. The van der Waals surface area contributed by atoms with E-state index in [9.17, 15) is 0 Å². The van der Waals surface area contributed by atoms with Gasteiger partial charge in [-0.05, 0) is 66.5 Å². The molecule has 0 aliphatic heterocycles. The Hall–Kier alpha value is -2.77. The molecule has 0 aromatic heterocycles. The zero-order chi connectivity index (χ0) is 17.8. The third-order valence-corrected chi connectivity index (χ3v) is 4.86. The molecule has 26 heavy (non-hydrogen) atoms. The molecule has 0 unspecified atom stereocenters. The molecule has 1 aliphatic rings. The van der Waals surface area contributed by atoms with Crippen molar-refractivity contribution < 1.29 is 0 Å². The molecular formula is C24H20ClN. The van der Waals surface area contributed by atoms with Gasteiger partial charge < -0.3 is 4.90 Å². The SMILES string of the molecule is Clc1ccc(N(C2=C(c3ccccc3)CCC=C2)c2ccccc2)cc1. The largest absolute Gasteiger partial charge is 0.310 e. The molecule has 0 spiro atoms. The smallest absolute Gasteiger partial charge is 0.0496 e. The van der Waals surface area contributed by atoms with E-state index in [1.54, 1.807) is 0 Å². The van der Waals surface area contributed by atoms with Crippen LogP contribution in [0.5, 0.6) is 0 Å². The van der Waals surface area contributed by atoms with E-state index in [1.807, 2.05) is 18.2 Å². The molecule has 1 nitrogen and oxygen atoms in total. The third kappa shape index (κ3) is 3.44. The van der Waals surface area contributed by atoms with Gasteiger partial charge in [0.2, 0.25) is 0 Å². The topological polar surface area (TPSA) is 3.24 Å². The Kier molecular flexibility index (Phi) is 4.90. The van der Waals surface area contributed by atoms with Crippen molar-refractivity contribution in [3.63, 3.8) is 0 Å². The molecule has 0 N–H and O–H groups in total. The van der Waals surface area contributed by atoms with Gasteiger partial charge in [-0.25, -0.2) is 0 Å². The highest BCUT2D eigenvalue weighted by molar-refractivity contribution is 6.30. The highest BCUT2D eigenvalue weighted by Crippen LogP contribution is 2.38. The molecule has 0 saturated heterocycles. The van der Waals surface area contributed by atoms with Crippen LogP contribution in [0.3, 0.4) is 0 Å².